The standard InChI is InChI=1S/C8H19B4NO4S/c1-6(2,3)17-5(14)13-4-7(9,10)18(15,16)8(4,11)12/h4H,9-12H2,1-3H3,(H,13,14). The van der Waals surface area contributed by atoms with Crippen LogP contribution in [0, 0.1) is 0 Å². The Kier molecular flexibility index (Phi) is 3.44. The summed E-state index contributed by atoms with van der Waals surface area (Å²) in [6, 6.07) is -0.454. The summed E-state index contributed by atoms with van der Waals surface area (Å²) in [6.45, 7) is 5.29. The minimum Gasteiger partial charge on any atom is -0.444 e. The highest BCUT2D eigenvalue weighted by Gasteiger charge is 2.66. The summed E-state index contributed by atoms with van der Waals surface area (Å²) in [5.41, 5.74) is -0.596. The lowest BCUT2D eigenvalue weighted by Gasteiger charge is -2.57. The average molecular weight is 269 g/mol. The second-order valence-electron chi connectivity index (χ2n) is 6.79. The van der Waals surface area contributed by atoms with Gasteiger partial charge in [-0.2, -0.15) is 0 Å². The summed E-state index contributed by atoms with van der Waals surface area (Å²) in [4.78, 5) is 11.7. The molecule has 5 nitrogen and oxygen atoms in total. The van der Waals surface area contributed by atoms with Crippen LogP contribution in [0.3, 0.4) is 0 Å². The summed E-state index contributed by atoms with van der Waals surface area (Å²) >= 11 is 0. The smallest absolute Gasteiger partial charge is 0.407 e. The molecule has 18 heavy (non-hydrogen) atoms. The predicted molar refractivity (Wildman–Crippen MR) is 81.7 cm³/mol. The molecule has 0 spiro atoms. The molecule has 0 aromatic carbocycles. The number of carbonyl (C=O) groups is 1. The van der Waals surface area contributed by atoms with E-state index < -0.39 is 36.7 Å². The van der Waals surface area contributed by atoms with Crippen LogP contribution in [-0.4, -0.2) is 66.6 Å². The van der Waals surface area contributed by atoms with Crippen molar-refractivity contribution in [3.8, 4) is 0 Å². The Morgan fingerprint density at radius 3 is 1.89 bits per heavy atom. The molecule has 10 heteroatoms. The fourth-order valence-corrected chi connectivity index (χ4v) is 5.04. The largest absolute Gasteiger partial charge is 0.444 e. The first-order valence-corrected chi connectivity index (χ1v) is 7.45. The van der Waals surface area contributed by atoms with Gasteiger partial charge in [0.1, 0.15) is 46.8 Å². The molecule has 0 unspecified atom stereocenters. The zero-order valence-electron chi connectivity index (χ0n) is 12.1. The Hall–Kier alpha value is -0.520. The van der Waals surface area contributed by atoms with E-state index >= 15 is 0 Å². The van der Waals surface area contributed by atoms with Crippen molar-refractivity contribution in [2.24, 2.45) is 0 Å². The molecule has 0 aromatic heterocycles. The van der Waals surface area contributed by atoms with Gasteiger partial charge in [0.15, 0.2) is 0 Å². The van der Waals surface area contributed by atoms with Crippen LogP contribution in [0.25, 0.3) is 0 Å². The Morgan fingerprint density at radius 2 is 1.56 bits per heavy atom. The van der Waals surface area contributed by atoms with Gasteiger partial charge < -0.3 is 10.1 Å². The topological polar surface area (TPSA) is 72.5 Å². The first-order valence-electron chi connectivity index (χ1n) is 5.97. The molecule has 1 rings (SSSR count). The summed E-state index contributed by atoms with van der Waals surface area (Å²) in [7, 11) is 3.24. The van der Waals surface area contributed by atoms with E-state index in [4.69, 9.17) is 4.74 Å². The number of hydrogen-bond acceptors (Lipinski definition) is 4. The molecule has 1 N–H and O–H groups in total. The molecule has 98 valence electrons. The molecule has 0 aliphatic carbocycles. The Bertz CT molecular complexity index is 446. The van der Waals surface area contributed by atoms with Crippen LogP contribution in [0.4, 0.5) is 4.79 Å². The Labute approximate surface area is 112 Å². The van der Waals surface area contributed by atoms with Gasteiger partial charge in [0.25, 0.3) is 0 Å². The third-order valence-corrected chi connectivity index (χ3v) is 6.68. The van der Waals surface area contributed by atoms with E-state index in [9.17, 15) is 13.2 Å². The fourth-order valence-electron chi connectivity index (χ4n) is 2.54. The molecule has 1 heterocycles. The molecule has 0 aromatic rings. The number of sulfone groups is 1. The van der Waals surface area contributed by atoms with Crippen LogP contribution >= 0.6 is 0 Å². The normalized spacial score (nSPS) is 24.8. The van der Waals surface area contributed by atoms with E-state index in [-0.39, 0.29) is 0 Å². The minimum atomic E-state index is -3.25. The maximum Gasteiger partial charge on any atom is 0.407 e. The molecular weight excluding hydrogens is 249 g/mol. The highest BCUT2D eigenvalue weighted by molar-refractivity contribution is 8.01. The molecule has 0 radical (unpaired) electrons. The van der Waals surface area contributed by atoms with E-state index in [1.165, 1.54) is 0 Å². The summed E-state index contributed by atoms with van der Waals surface area (Å²) < 4.78 is 27.4. The molecule has 1 aliphatic rings. The van der Waals surface area contributed by atoms with Crippen LogP contribution in [0.2, 0.25) is 0 Å². The van der Waals surface area contributed by atoms with E-state index in [0.29, 0.717) is 0 Å². The van der Waals surface area contributed by atoms with Gasteiger partial charge in [-0.25, -0.2) is 13.2 Å². The lowest BCUT2D eigenvalue weighted by molar-refractivity contribution is 0.0500. The van der Waals surface area contributed by atoms with Crippen molar-refractivity contribution in [3.63, 3.8) is 0 Å². The lowest BCUT2D eigenvalue weighted by atomic mass is 9.51. The maximum absolute atomic E-state index is 12.1. The first kappa shape index (κ1) is 15.5. The van der Waals surface area contributed by atoms with Crippen molar-refractivity contribution in [1.29, 1.82) is 0 Å². The van der Waals surface area contributed by atoms with Crippen LogP contribution in [-0.2, 0) is 14.6 Å². The van der Waals surface area contributed by atoms with Crippen molar-refractivity contribution in [1.82, 2.24) is 5.32 Å². The van der Waals surface area contributed by atoms with Gasteiger partial charge in [-0.15, -0.1) is 0 Å². The third kappa shape index (κ3) is 2.19. The van der Waals surface area contributed by atoms with Crippen LogP contribution in [0.1, 0.15) is 20.8 Å². The number of nitrogens with one attached hydrogen (secondary N) is 1. The van der Waals surface area contributed by atoms with Crippen LogP contribution in [0.15, 0.2) is 0 Å². The van der Waals surface area contributed by atoms with Gasteiger partial charge in [-0.1, -0.05) is 0 Å². The van der Waals surface area contributed by atoms with Gasteiger partial charge in [0.05, 0.1) is 0 Å². The molecular formula is C8H19B4NO4S. The highest BCUT2D eigenvalue weighted by Crippen LogP contribution is 2.41. The number of rotatable bonds is 1. The van der Waals surface area contributed by atoms with Gasteiger partial charge in [-0.3, -0.25) is 0 Å². The van der Waals surface area contributed by atoms with Crippen molar-refractivity contribution < 1.29 is 17.9 Å². The fraction of sp³-hybridized carbons (Fsp3) is 0.875. The third-order valence-electron chi connectivity index (χ3n) is 3.44. The zero-order chi connectivity index (χ0) is 14.6. The average Bonchev–Trinajstić information content (AvgIpc) is 2.09. The second kappa shape index (κ2) is 3.98. The van der Waals surface area contributed by atoms with E-state index in [2.05, 4.69) is 5.32 Å². The van der Waals surface area contributed by atoms with Crippen molar-refractivity contribution in [3.05, 3.63) is 0 Å². The van der Waals surface area contributed by atoms with Gasteiger partial charge in [0.2, 0.25) is 0 Å². The monoisotopic (exact) mass is 269 g/mol. The summed E-state index contributed by atoms with van der Waals surface area (Å²) in [5.74, 6) is 0. The molecule has 1 amide bonds. The summed E-state index contributed by atoms with van der Waals surface area (Å²) in [5, 5.41) is 2.67. The first-order chi connectivity index (χ1) is 7.73. The lowest BCUT2D eigenvalue weighted by Crippen LogP contribution is -2.83. The maximum atomic E-state index is 12.1. The van der Waals surface area contributed by atoms with Gasteiger partial charge in [0, 0.05) is 15.1 Å². The Balaban J connectivity index is 2.85. The number of carbonyl (C=O) groups excluding carboxylic acids is 1. The number of ether oxygens (including phenoxy) is 1. The van der Waals surface area contributed by atoms with Gasteiger partial charge in [-0.05, 0) is 20.8 Å². The Morgan fingerprint density at radius 1 is 1.17 bits per heavy atom. The van der Waals surface area contributed by atoms with Crippen molar-refractivity contribution in [2.45, 2.75) is 41.5 Å². The van der Waals surface area contributed by atoms with Crippen LogP contribution in [0.5, 0.6) is 0 Å². The molecule has 1 aliphatic heterocycles. The van der Waals surface area contributed by atoms with E-state index in [1.807, 2.05) is 0 Å². The highest BCUT2D eigenvalue weighted by atomic mass is 32.2. The quantitative estimate of drug-likeness (QED) is 0.494. The molecule has 0 saturated carbocycles. The minimum absolute atomic E-state index is 0.454. The van der Waals surface area contributed by atoms with Gasteiger partial charge >= 0.3 is 6.09 Å². The molecule has 1 fully saturated rings. The number of amides is 1. The number of hydrogen-bond donors (Lipinski definition) is 1. The van der Waals surface area contributed by atoms with Crippen molar-refractivity contribution >= 4 is 47.3 Å². The molecule has 1 saturated heterocycles. The van der Waals surface area contributed by atoms with E-state index in [0.717, 1.165) is 0 Å². The van der Waals surface area contributed by atoms with E-state index in [1.54, 1.807) is 52.2 Å². The number of alkyl carbamates (subject to hydrolysis) is 1. The van der Waals surface area contributed by atoms with Crippen LogP contribution < -0.4 is 5.32 Å². The predicted octanol–water partition coefficient (Wildman–Crippen LogP) is -3.85. The SMILES string of the molecule is BC1(B)C(NC(=O)OC(C)(C)C)C(B)(B)S1(=O)=O. The molecule has 0 bridgehead atoms. The second-order valence-corrected chi connectivity index (χ2v) is 9.90. The zero-order valence-corrected chi connectivity index (χ0v) is 12.9. The molecule has 0 atom stereocenters. The summed E-state index contributed by atoms with van der Waals surface area (Å²) in [6.07, 6.45) is -0.580. The van der Waals surface area contributed by atoms with Crippen molar-refractivity contribution in [2.75, 3.05) is 0 Å².